The SMILES string of the molecule is O=C(Nc1ccc(S(=O)(=O)c2cccc(NC(=O)c3c(F)cccc3C(=O)O)c2)cc1)Oc1ccccc1. The molecule has 0 aliphatic heterocycles. The van der Waals surface area contributed by atoms with E-state index in [4.69, 9.17) is 4.74 Å². The number of halogens is 1. The second-order valence-corrected chi connectivity index (χ2v) is 9.75. The molecule has 0 spiro atoms. The highest BCUT2D eigenvalue weighted by atomic mass is 32.2. The van der Waals surface area contributed by atoms with Crippen LogP contribution in [-0.2, 0) is 9.84 Å². The highest BCUT2D eigenvalue weighted by Crippen LogP contribution is 2.25. The maximum atomic E-state index is 14.2. The lowest BCUT2D eigenvalue weighted by molar-refractivity contribution is 0.0691. The number of carbonyl (C=O) groups is 3. The Labute approximate surface area is 216 Å². The minimum atomic E-state index is -4.05. The monoisotopic (exact) mass is 534 g/mol. The first kappa shape index (κ1) is 26.0. The Morgan fingerprint density at radius 2 is 1.42 bits per heavy atom. The molecule has 0 unspecified atom stereocenters. The number of sulfone groups is 1. The third kappa shape index (κ3) is 5.85. The van der Waals surface area contributed by atoms with Crippen LogP contribution in [0.3, 0.4) is 0 Å². The van der Waals surface area contributed by atoms with Crippen LogP contribution in [-0.4, -0.2) is 31.5 Å². The third-order valence-corrected chi connectivity index (χ3v) is 7.01. The van der Waals surface area contributed by atoms with Gasteiger partial charge in [0.1, 0.15) is 11.6 Å². The van der Waals surface area contributed by atoms with Crippen LogP contribution in [0.25, 0.3) is 0 Å². The zero-order valence-electron chi connectivity index (χ0n) is 19.4. The summed E-state index contributed by atoms with van der Waals surface area (Å²) < 4.78 is 45.7. The van der Waals surface area contributed by atoms with Crippen LogP contribution < -0.4 is 15.4 Å². The summed E-state index contributed by atoms with van der Waals surface area (Å²) in [6, 6.07) is 22.2. The van der Waals surface area contributed by atoms with Gasteiger partial charge < -0.3 is 15.2 Å². The van der Waals surface area contributed by atoms with Crippen molar-refractivity contribution >= 4 is 39.2 Å². The Hall–Kier alpha value is -5.03. The minimum Gasteiger partial charge on any atom is -0.478 e. The highest BCUT2D eigenvalue weighted by molar-refractivity contribution is 7.91. The molecular weight excluding hydrogens is 515 g/mol. The second-order valence-electron chi connectivity index (χ2n) is 7.80. The molecule has 4 aromatic carbocycles. The van der Waals surface area contributed by atoms with E-state index in [9.17, 15) is 32.3 Å². The number of carbonyl (C=O) groups excluding carboxylic acids is 2. The summed E-state index contributed by atoms with van der Waals surface area (Å²) in [4.78, 5) is 35.8. The maximum Gasteiger partial charge on any atom is 0.417 e. The molecule has 2 amide bonds. The first-order chi connectivity index (χ1) is 18.1. The number of aromatic carboxylic acids is 1. The highest BCUT2D eigenvalue weighted by Gasteiger charge is 2.22. The molecule has 0 fully saturated rings. The molecule has 192 valence electrons. The summed E-state index contributed by atoms with van der Waals surface area (Å²) in [5.41, 5.74) is -0.905. The summed E-state index contributed by atoms with van der Waals surface area (Å²) in [5, 5.41) is 14.1. The molecule has 9 nitrogen and oxygen atoms in total. The lowest BCUT2D eigenvalue weighted by Crippen LogP contribution is -2.18. The molecule has 11 heteroatoms. The van der Waals surface area contributed by atoms with Gasteiger partial charge in [0.15, 0.2) is 0 Å². The molecular formula is C27H19FN2O7S. The lowest BCUT2D eigenvalue weighted by Gasteiger charge is -2.11. The van der Waals surface area contributed by atoms with Crippen molar-refractivity contribution in [2.45, 2.75) is 9.79 Å². The van der Waals surface area contributed by atoms with Gasteiger partial charge in [-0.05, 0) is 66.7 Å². The topological polar surface area (TPSA) is 139 Å². The van der Waals surface area contributed by atoms with Crippen molar-refractivity contribution in [2.24, 2.45) is 0 Å². The maximum absolute atomic E-state index is 14.2. The van der Waals surface area contributed by atoms with Crippen molar-refractivity contribution in [1.29, 1.82) is 0 Å². The Bertz CT molecular complexity index is 1620. The molecule has 0 saturated heterocycles. The normalized spacial score (nSPS) is 10.9. The lowest BCUT2D eigenvalue weighted by atomic mass is 10.1. The van der Waals surface area contributed by atoms with Crippen molar-refractivity contribution in [3.8, 4) is 5.75 Å². The molecule has 0 aromatic heterocycles. The fourth-order valence-electron chi connectivity index (χ4n) is 3.46. The molecule has 0 heterocycles. The smallest absolute Gasteiger partial charge is 0.417 e. The van der Waals surface area contributed by atoms with Gasteiger partial charge in [0, 0.05) is 11.4 Å². The van der Waals surface area contributed by atoms with Gasteiger partial charge in [-0.2, -0.15) is 0 Å². The number of anilines is 2. The molecule has 0 radical (unpaired) electrons. The Kier molecular flexibility index (Phi) is 7.49. The Balaban J connectivity index is 1.50. The van der Waals surface area contributed by atoms with Crippen molar-refractivity contribution < 1.29 is 37.0 Å². The van der Waals surface area contributed by atoms with Gasteiger partial charge in [-0.1, -0.05) is 30.3 Å². The quantitative estimate of drug-likeness (QED) is 0.295. The van der Waals surface area contributed by atoms with Crippen molar-refractivity contribution in [2.75, 3.05) is 10.6 Å². The minimum absolute atomic E-state index is 0.0117. The van der Waals surface area contributed by atoms with Gasteiger partial charge in [-0.15, -0.1) is 0 Å². The number of benzene rings is 4. The van der Waals surface area contributed by atoms with Gasteiger partial charge >= 0.3 is 12.1 Å². The summed E-state index contributed by atoms with van der Waals surface area (Å²) in [5.74, 6) is -3.23. The summed E-state index contributed by atoms with van der Waals surface area (Å²) in [6.07, 6.45) is -0.754. The van der Waals surface area contributed by atoms with Crippen molar-refractivity contribution in [3.63, 3.8) is 0 Å². The summed E-state index contributed by atoms with van der Waals surface area (Å²) in [7, 11) is -4.05. The van der Waals surface area contributed by atoms with Crippen LogP contribution in [0, 0.1) is 5.82 Å². The molecule has 0 bridgehead atoms. The van der Waals surface area contributed by atoms with Crippen molar-refractivity contribution in [3.05, 3.63) is 114 Å². The van der Waals surface area contributed by atoms with Crippen LogP contribution in [0.15, 0.2) is 107 Å². The predicted octanol–water partition coefficient (Wildman–Crippen LogP) is 5.22. The van der Waals surface area contributed by atoms with Crippen LogP contribution in [0.5, 0.6) is 5.75 Å². The Morgan fingerprint density at radius 3 is 2.11 bits per heavy atom. The van der Waals surface area contributed by atoms with E-state index >= 15 is 0 Å². The van der Waals surface area contributed by atoms with Gasteiger partial charge in [0.25, 0.3) is 5.91 Å². The molecule has 38 heavy (non-hydrogen) atoms. The largest absolute Gasteiger partial charge is 0.478 e. The number of para-hydroxylation sites is 1. The number of carboxylic acids is 1. The molecule has 0 atom stereocenters. The average Bonchev–Trinajstić information content (AvgIpc) is 2.89. The molecule has 4 aromatic rings. The van der Waals surface area contributed by atoms with Crippen LogP contribution in [0.2, 0.25) is 0 Å². The predicted molar refractivity (Wildman–Crippen MR) is 136 cm³/mol. The Morgan fingerprint density at radius 1 is 0.737 bits per heavy atom. The third-order valence-electron chi connectivity index (χ3n) is 5.24. The number of hydrogen-bond acceptors (Lipinski definition) is 6. The van der Waals surface area contributed by atoms with E-state index in [1.807, 2.05) is 0 Å². The van der Waals surface area contributed by atoms with Crippen molar-refractivity contribution in [1.82, 2.24) is 0 Å². The molecule has 0 saturated carbocycles. The first-order valence-corrected chi connectivity index (χ1v) is 12.5. The standard InChI is InChI=1S/C27H19FN2O7S/c28-23-11-5-10-22(26(32)33)24(23)25(31)29-18-6-4-9-21(16-18)38(35,36)20-14-12-17(13-15-20)30-27(34)37-19-7-2-1-3-8-19/h1-16H,(H,29,31)(H,30,34)(H,32,33). The fourth-order valence-corrected chi connectivity index (χ4v) is 4.77. The zero-order valence-corrected chi connectivity index (χ0v) is 20.2. The number of rotatable bonds is 7. The summed E-state index contributed by atoms with van der Waals surface area (Å²) in [6.45, 7) is 0. The van der Waals surface area contributed by atoms with Gasteiger partial charge in [0.05, 0.1) is 20.9 Å². The number of ether oxygens (including phenoxy) is 1. The zero-order chi connectivity index (χ0) is 27.3. The number of hydrogen-bond donors (Lipinski definition) is 3. The molecule has 0 aliphatic carbocycles. The number of amides is 2. The van der Waals surface area contributed by atoms with Gasteiger partial charge in [-0.25, -0.2) is 22.4 Å². The summed E-state index contributed by atoms with van der Waals surface area (Å²) >= 11 is 0. The fraction of sp³-hybridized carbons (Fsp3) is 0. The van der Waals surface area contributed by atoms with E-state index in [-0.39, 0.29) is 15.5 Å². The van der Waals surface area contributed by atoms with E-state index in [1.54, 1.807) is 30.3 Å². The van der Waals surface area contributed by atoms with E-state index in [0.717, 1.165) is 24.3 Å². The van der Waals surface area contributed by atoms with E-state index in [1.165, 1.54) is 42.5 Å². The molecule has 4 rings (SSSR count). The van der Waals surface area contributed by atoms with Gasteiger partial charge in [0.2, 0.25) is 9.84 Å². The van der Waals surface area contributed by atoms with Crippen LogP contribution in [0.1, 0.15) is 20.7 Å². The number of carboxylic acid groups (broad SMARTS) is 1. The molecule has 0 aliphatic rings. The first-order valence-electron chi connectivity index (χ1n) is 11.0. The number of nitrogens with one attached hydrogen (secondary N) is 2. The van der Waals surface area contributed by atoms with Crippen LogP contribution in [0.4, 0.5) is 20.6 Å². The average molecular weight is 535 g/mol. The van der Waals surface area contributed by atoms with E-state index < -0.39 is 44.8 Å². The van der Waals surface area contributed by atoms with Crippen LogP contribution >= 0.6 is 0 Å². The molecule has 3 N–H and O–H groups in total. The van der Waals surface area contributed by atoms with E-state index in [0.29, 0.717) is 11.4 Å². The van der Waals surface area contributed by atoms with Gasteiger partial charge in [-0.3, -0.25) is 10.1 Å². The second kappa shape index (κ2) is 10.9. The van der Waals surface area contributed by atoms with E-state index in [2.05, 4.69) is 10.6 Å².